The van der Waals surface area contributed by atoms with Crippen molar-refractivity contribution in [2.24, 2.45) is 0 Å². The van der Waals surface area contributed by atoms with Gasteiger partial charge >= 0.3 is 5.97 Å². The van der Waals surface area contributed by atoms with Crippen molar-refractivity contribution in [1.29, 1.82) is 0 Å². The minimum atomic E-state index is -0.833. The lowest BCUT2D eigenvalue weighted by molar-refractivity contribution is 0.0696. The van der Waals surface area contributed by atoms with Crippen LogP contribution in [-0.2, 0) is 6.42 Å². The predicted molar refractivity (Wildman–Crippen MR) is 75.1 cm³/mol. The summed E-state index contributed by atoms with van der Waals surface area (Å²) in [6.07, 6.45) is 9.86. The van der Waals surface area contributed by atoms with Crippen molar-refractivity contribution < 1.29 is 9.90 Å². The van der Waals surface area contributed by atoms with Crippen LogP contribution in [0.15, 0.2) is 30.4 Å². The van der Waals surface area contributed by atoms with Crippen molar-refractivity contribution in [3.8, 4) is 0 Å². The number of benzene rings is 1. The number of aryl methyl sites for hydroxylation is 1. The third-order valence-corrected chi connectivity index (χ3v) is 3.15. The second-order valence-electron chi connectivity index (χ2n) is 4.52. The summed E-state index contributed by atoms with van der Waals surface area (Å²) in [6, 6.07) is 5.54. The first-order valence-corrected chi connectivity index (χ1v) is 6.63. The van der Waals surface area contributed by atoms with Crippen molar-refractivity contribution in [2.75, 3.05) is 0 Å². The SMILES string of the molecule is CC/C=C\CCCCc1cccc(C(=O)O)c1C. The highest BCUT2D eigenvalue weighted by Crippen LogP contribution is 2.16. The molecular weight excluding hydrogens is 224 g/mol. The molecule has 0 aliphatic rings. The van der Waals surface area contributed by atoms with Crippen molar-refractivity contribution >= 4 is 5.97 Å². The van der Waals surface area contributed by atoms with Gasteiger partial charge in [0.15, 0.2) is 0 Å². The normalized spacial score (nSPS) is 11.0. The molecule has 0 heterocycles. The zero-order valence-electron chi connectivity index (χ0n) is 11.3. The van der Waals surface area contributed by atoms with E-state index in [0.29, 0.717) is 5.56 Å². The number of aromatic carboxylic acids is 1. The van der Waals surface area contributed by atoms with Gasteiger partial charge in [-0.1, -0.05) is 31.2 Å². The first-order valence-electron chi connectivity index (χ1n) is 6.63. The highest BCUT2D eigenvalue weighted by atomic mass is 16.4. The maximum atomic E-state index is 11.0. The summed E-state index contributed by atoms with van der Waals surface area (Å²) in [6.45, 7) is 4.03. The summed E-state index contributed by atoms with van der Waals surface area (Å²) in [4.78, 5) is 11.0. The van der Waals surface area contributed by atoms with Gasteiger partial charge in [0.05, 0.1) is 5.56 Å². The van der Waals surface area contributed by atoms with E-state index in [1.807, 2.05) is 19.1 Å². The molecule has 1 rings (SSSR count). The maximum Gasteiger partial charge on any atom is 0.335 e. The van der Waals surface area contributed by atoms with Crippen LogP contribution in [0.1, 0.15) is 54.1 Å². The van der Waals surface area contributed by atoms with Gasteiger partial charge in [-0.05, 0) is 56.2 Å². The number of allylic oxidation sites excluding steroid dienone is 2. The Balaban J connectivity index is 2.50. The molecule has 0 spiro atoms. The van der Waals surface area contributed by atoms with Gasteiger partial charge in [-0.2, -0.15) is 0 Å². The molecule has 1 aromatic rings. The quantitative estimate of drug-likeness (QED) is 0.573. The number of rotatable bonds is 7. The molecule has 0 atom stereocenters. The van der Waals surface area contributed by atoms with E-state index in [4.69, 9.17) is 5.11 Å². The summed E-state index contributed by atoms with van der Waals surface area (Å²) in [5.41, 5.74) is 2.50. The van der Waals surface area contributed by atoms with Crippen LogP contribution in [-0.4, -0.2) is 11.1 Å². The average Bonchev–Trinajstić information content (AvgIpc) is 2.35. The van der Waals surface area contributed by atoms with E-state index < -0.39 is 5.97 Å². The van der Waals surface area contributed by atoms with Gasteiger partial charge in [0.25, 0.3) is 0 Å². The fraction of sp³-hybridized carbons (Fsp3) is 0.438. The van der Waals surface area contributed by atoms with Gasteiger partial charge in [0.1, 0.15) is 0 Å². The standard InChI is InChI=1S/C16H22O2/c1-3-4-5-6-7-8-10-14-11-9-12-15(13(14)2)16(17)18/h4-5,9,11-12H,3,6-8,10H2,1-2H3,(H,17,18)/b5-4-. The summed E-state index contributed by atoms with van der Waals surface area (Å²) in [5.74, 6) is -0.833. The van der Waals surface area contributed by atoms with E-state index >= 15 is 0 Å². The van der Waals surface area contributed by atoms with Gasteiger partial charge in [0, 0.05) is 0 Å². The number of hydrogen-bond acceptors (Lipinski definition) is 1. The van der Waals surface area contributed by atoms with Crippen LogP contribution in [0.25, 0.3) is 0 Å². The number of unbranched alkanes of at least 4 members (excludes halogenated alkanes) is 2. The Hall–Kier alpha value is -1.57. The number of carbonyl (C=O) groups is 1. The Morgan fingerprint density at radius 3 is 2.72 bits per heavy atom. The Bertz CT molecular complexity index is 419. The first-order chi connectivity index (χ1) is 8.66. The van der Waals surface area contributed by atoms with E-state index in [-0.39, 0.29) is 0 Å². The summed E-state index contributed by atoms with van der Waals surface area (Å²) in [7, 11) is 0. The first kappa shape index (κ1) is 14.5. The Labute approximate surface area is 109 Å². The van der Waals surface area contributed by atoms with Crippen LogP contribution in [0.3, 0.4) is 0 Å². The average molecular weight is 246 g/mol. The molecule has 1 N–H and O–H groups in total. The summed E-state index contributed by atoms with van der Waals surface area (Å²) in [5, 5.41) is 9.05. The van der Waals surface area contributed by atoms with Crippen molar-refractivity contribution in [1.82, 2.24) is 0 Å². The van der Waals surface area contributed by atoms with Crippen molar-refractivity contribution in [3.63, 3.8) is 0 Å². The molecule has 0 radical (unpaired) electrons. The maximum absolute atomic E-state index is 11.0. The van der Waals surface area contributed by atoms with Crippen LogP contribution < -0.4 is 0 Å². The number of hydrogen-bond donors (Lipinski definition) is 1. The van der Waals surface area contributed by atoms with Crippen molar-refractivity contribution in [3.05, 3.63) is 47.0 Å². The van der Waals surface area contributed by atoms with E-state index in [1.165, 1.54) is 0 Å². The molecule has 0 aliphatic heterocycles. The van der Waals surface area contributed by atoms with Crippen LogP contribution in [0.5, 0.6) is 0 Å². The smallest absolute Gasteiger partial charge is 0.335 e. The largest absolute Gasteiger partial charge is 0.478 e. The second kappa shape index (κ2) is 7.70. The molecule has 0 amide bonds. The Morgan fingerprint density at radius 1 is 1.28 bits per heavy atom. The Morgan fingerprint density at radius 2 is 2.06 bits per heavy atom. The second-order valence-corrected chi connectivity index (χ2v) is 4.52. The highest BCUT2D eigenvalue weighted by Gasteiger charge is 2.09. The molecule has 0 fully saturated rings. The Kier molecular flexibility index (Phi) is 6.20. The minimum absolute atomic E-state index is 0.429. The van der Waals surface area contributed by atoms with Gasteiger partial charge < -0.3 is 5.11 Å². The molecule has 0 aromatic heterocycles. The number of carboxylic acid groups (broad SMARTS) is 1. The van der Waals surface area contributed by atoms with Gasteiger partial charge in [-0.25, -0.2) is 4.79 Å². The van der Waals surface area contributed by atoms with E-state index in [9.17, 15) is 4.79 Å². The molecule has 98 valence electrons. The molecule has 0 unspecified atom stereocenters. The van der Waals surface area contributed by atoms with Crippen LogP contribution in [0, 0.1) is 6.92 Å². The minimum Gasteiger partial charge on any atom is -0.478 e. The monoisotopic (exact) mass is 246 g/mol. The van der Waals surface area contributed by atoms with Crippen LogP contribution in [0.4, 0.5) is 0 Å². The fourth-order valence-electron chi connectivity index (χ4n) is 2.05. The third kappa shape index (κ3) is 4.36. The zero-order chi connectivity index (χ0) is 13.4. The third-order valence-electron chi connectivity index (χ3n) is 3.15. The fourth-order valence-corrected chi connectivity index (χ4v) is 2.05. The highest BCUT2D eigenvalue weighted by molar-refractivity contribution is 5.89. The van der Waals surface area contributed by atoms with E-state index in [2.05, 4.69) is 19.1 Å². The van der Waals surface area contributed by atoms with E-state index in [1.54, 1.807) is 6.07 Å². The van der Waals surface area contributed by atoms with Crippen LogP contribution >= 0.6 is 0 Å². The molecule has 0 bridgehead atoms. The summed E-state index contributed by atoms with van der Waals surface area (Å²) >= 11 is 0. The lowest BCUT2D eigenvalue weighted by atomic mass is 9.98. The molecular formula is C16H22O2. The summed E-state index contributed by atoms with van der Waals surface area (Å²) < 4.78 is 0. The molecule has 1 aromatic carbocycles. The van der Waals surface area contributed by atoms with Crippen LogP contribution in [0.2, 0.25) is 0 Å². The number of carboxylic acids is 1. The lowest BCUT2D eigenvalue weighted by Crippen LogP contribution is -2.02. The zero-order valence-corrected chi connectivity index (χ0v) is 11.3. The molecule has 18 heavy (non-hydrogen) atoms. The molecule has 0 aliphatic carbocycles. The van der Waals surface area contributed by atoms with Gasteiger partial charge in [-0.15, -0.1) is 0 Å². The molecule has 0 saturated carbocycles. The van der Waals surface area contributed by atoms with Gasteiger partial charge in [-0.3, -0.25) is 0 Å². The van der Waals surface area contributed by atoms with Gasteiger partial charge in [0.2, 0.25) is 0 Å². The lowest BCUT2D eigenvalue weighted by Gasteiger charge is -2.08. The van der Waals surface area contributed by atoms with Crippen molar-refractivity contribution in [2.45, 2.75) is 46.0 Å². The topological polar surface area (TPSA) is 37.3 Å². The molecule has 0 saturated heterocycles. The molecule has 2 nitrogen and oxygen atoms in total. The molecule has 2 heteroatoms. The predicted octanol–water partition coefficient (Wildman–Crippen LogP) is 4.37. The van der Waals surface area contributed by atoms with E-state index in [0.717, 1.165) is 43.2 Å².